The van der Waals surface area contributed by atoms with Gasteiger partial charge in [-0.3, -0.25) is 0 Å². The topological polar surface area (TPSA) is 0 Å². The summed E-state index contributed by atoms with van der Waals surface area (Å²) in [5, 5.41) is 0. The molecule has 0 bridgehead atoms. The second-order valence-corrected chi connectivity index (χ2v) is 4.15. The van der Waals surface area contributed by atoms with Gasteiger partial charge in [0.1, 0.15) is 0 Å². The van der Waals surface area contributed by atoms with Crippen LogP contribution in [0.3, 0.4) is 0 Å². The molecule has 0 N–H and O–H groups in total. The first kappa shape index (κ1) is 11.8. The van der Waals surface area contributed by atoms with Crippen LogP contribution in [0.5, 0.6) is 0 Å². The summed E-state index contributed by atoms with van der Waals surface area (Å²) in [6.07, 6.45) is 5.55. The van der Waals surface area contributed by atoms with Crippen molar-refractivity contribution in [3.8, 4) is 0 Å². The smallest absolute Gasteiger partial charge is 0.0133 e. The van der Waals surface area contributed by atoms with Crippen LogP contribution in [0.15, 0.2) is 47.6 Å². The highest BCUT2D eigenvalue weighted by molar-refractivity contribution is 5.30. The predicted octanol–water partition coefficient (Wildman–Crippen LogP) is 4.59. The molecule has 0 unspecified atom stereocenters. The summed E-state index contributed by atoms with van der Waals surface area (Å²) in [6, 6.07) is 8.36. The van der Waals surface area contributed by atoms with Gasteiger partial charge in [0.15, 0.2) is 0 Å². The van der Waals surface area contributed by atoms with E-state index in [0.29, 0.717) is 0 Å². The van der Waals surface area contributed by atoms with Crippen molar-refractivity contribution in [3.63, 3.8) is 0 Å². The van der Waals surface area contributed by atoms with Gasteiger partial charge in [-0.2, -0.15) is 0 Å². The first-order chi connectivity index (χ1) is 7.11. The van der Waals surface area contributed by atoms with Gasteiger partial charge in [-0.25, -0.2) is 0 Å². The molecule has 0 aromatic heterocycles. The van der Waals surface area contributed by atoms with Crippen molar-refractivity contribution in [1.82, 2.24) is 0 Å². The fourth-order valence-corrected chi connectivity index (χ4v) is 1.38. The van der Waals surface area contributed by atoms with Gasteiger partial charge in [0, 0.05) is 0 Å². The van der Waals surface area contributed by atoms with Crippen molar-refractivity contribution in [2.75, 3.05) is 0 Å². The Hall–Kier alpha value is -1.30. The SMILES string of the molecule is CC1=C(C)CC=C1.Cc1ccccc1C. The van der Waals surface area contributed by atoms with Crippen molar-refractivity contribution >= 4 is 0 Å². The van der Waals surface area contributed by atoms with Crippen molar-refractivity contribution in [2.24, 2.45) is 0 Å². The number of aryl methyl sites for hydroxylation is 2. The highest BCUT2D eigenvalue weighted by Gasteiger charge is 1.95. The largest absolute Gasteiger partial charge is 0.0802 e. The molecule has 1 aromatic carbocycles. The van der Waals surface area contributed by atoms with Crippen LogP contribution >= 0.6 is 0 Å². The predicted molar refractivity (Wildman–Crippen MR) is 68.0 cm³/mol. The second kappa shape index (κ2) is 5.55. The van der Waals surface area contributed by atoms with Crippen molar-refractivity contribution in [2.45, 2.75) is 34.1 Å². The van der Waals surface area contributed by atoms with Gasteiger partial charge in [0.05, 0.1) is 0 Å². The van der Waals surface area contributed by atoms with Crippen molar-refractivity contribution in [1.29, 1.82) is 0 Å². The van der Waals surface area contributed by atoms with Crippen LogP contribution in [0, 0.1) is 13.8 Å². The van der Waals surface area contributed by atoms with Crippen molar-refractivity contribution < 1.29 is 0 Å². The number of allylic oxidation sites excluding steroid dienone is 4. The van der Waals surface area contributed by atoms with Gasteiger partial charge < -0.3 is 0 Å². The molecule has 0 atom stereocenters. The monoisotopic (exact) mass is 200 g/mol. The minimum Gasteiger partial charge on any atom is -0.0802 e. The molecule has 0 heterocycles. The number of rotatable bonds is 0. The lowest BCUT2D eigenvalue weighted by molar-refractivity contribution is 1.22. The van der Waals surface area contributed by atoms with E-state index >= 15 is 0 Å². The molecule has 0 amide bonds. The van der Waals surface area contributed by atoms with E-state index in [0.717, 1.165) is 0 Å². The normalized spacial score (nSPS) is 13.9. The fraction of sp³-hybridized carbons (Fsp3) is 0.333. The fourth-order valence-electron chi connectivity index (χ4n) is 1.38. The molecule has 15 heavy (non-hydrogen) atoms. The van der Waals surface area contributed by atoms with Gasteiger partial charge in [-0.1, -0.05) is 47.6 Å². The molecule has 1 aromatic rings. The zero-order valence-corrected chi connectivity index (χ0v) is 10.2. The van der Waals surface area contributed by atoms with Crippen molar-refractivity contribution in [3.05, 3.63) is 58.7 Å². The molecule has 0 radical (unpaired) electrons. The summed E-state index contributed by atoms with van der Waals surface area (Å²) >= 11 is 0. The first-order valence-electron chi connectivity index (χ1n) is 5.46. The molecule has 0 heteroatoms. The summed E-state index contributed by atoms with van der Waals surface area (Å²) in [6.45, 7) is 8.57. The van der Waals surface area contributed by atoms with E-state index in [-0.39, 0.29) is 0 Å². The zero-order valence-electron chi connectivity index (χ0n) is 10.2. The van der Waals surface area contributed by atoms with E-state index in [1.54, 1.807) is 0 Å². The van der Waals surface area contributed by atoms with Crippen LogP contribution in [0.1, 0.15) is 31.4 Å². The maximum atomic E-state index is 2.20. The Morgan fingerprint density at radius 3 is 1.60 bits per heavy atom. The highest BCUT2D eigenvalue weighted by Crippen LogP contribution is 2.16. The van der Waals surface area contributed by atoms with Gasteiger partial charge >= 0.3 is 0 Å². The molecule has 0 aliphatic heterocycles. The average molecular weight is 200 g/mol. The van der Waals surface area contributed by atoms with E-state index in [1.807, 2.05) is 0 Å². The quantitative estimate of drug-likeness (QED) is 0.574. The van der Waals surface area contributed by atoms with E-state index < -0.39 is 0 Å². The maximum absolute atomic E-state index is 2.20. The Balaban J connectivity index is 0.000000151. The Morgan fingerprint density at radius 1 is 0.867 bits per heavy atom. The van der Waals surface area contributed by atoms with Gasteiger partial charge in [0.2, 0.25) is 0 Å². The summed E-state index contributed by atoms with van der Waals surface area (Å²) in [7, 11) is 0. The summed E-state index contributed by atoms with van der Waals surface area (Å²) in [4.78, 5) is 0. The zero-order chi connectivity index (χ0) is 11.3. The lowest BCUT2D eigenvalue weighted by atomic mass is 10.1. The summed E-state index contributed by atoms with van der Waals surface area (Å²) in [5.41, 5.74) is 5.69. The highest BCUT2D eigenvalue weighted by atomic mass is 14.0. The third-order valence-electron chi connectivity index (χ3n) is 2.89. The standard InChI is InChI=1S/C8H10.C7H10/c1-7-5-3-4-6-8(7)2;1-6-4-3-5-7(6)2/h3-6H,1-2H3;3-4H,5H2,1-2H3. The minimum atomic E-state index is 1.17. The van der Waals surface area contributed by atoms with E-state index in [1.165, 1.54) is 28.7 Å². The molecule has 0 saturated carbocycles. The molecular weight excluding hydrogens is 180 g/mol. The van der Waals surface area contributed by atoms with Crippen LogP contribution in [-0.2, 0) is 0 Å². The number of benzene rings is 1. The molecule has 1 aliphatic rings. The number of hydrogen-bond acceptors (Lipinski definition) is 0. The van der Waals surface area contributed by atoms with E-state index in [9.17, 15) is 0 Å². The van der Waals surface area contributed by atoms with Crippen LogP contribution in [-0.4, -0.2) is 0 Å². The Kier molecular flexibility index (Phi) is 4.36. The minimum absolute atomic E-state index is 1.17. The van der Waals surface area contributed by atoms with Crippen LogP contribution in [0.25, 0.3) is 0 Å². The average Bonchev–Trinajstić information content (AvgIpc) is 2.57. The molecule has 0 saturated heterocycles. The second-order valence-electron chi connectivity index (χ2n) is 4.15. The molecule has 1 aliphatic carbocycles. The van der Waals surface area contributed by atoms with E-state index in [4.69, 9.17) is 0 Å². The van der Waals surface area contributed by atoms with Gasteiger partial charge in [-0.15, -0.1) is 0 Å². The first-order valence-corrected chi connectivity index (χ1v) is 5.46. The van der Waals surface area contributed by atoms with E-state index in [2.05, 4.69) is 64.1 Å². The third-order valence-corrected chi connectivity index (χ3v) is 2.89. The van der Waals surface area contributed by atoms with Gasteiger partial charge in [0.25, 0.3) is 0 Å². The maximum Gasteiger partial charge on any atom is -0.0133 e. The Bertz CT molecular complexity index is 360. The Labute approximate surface area is 93.3 Å². The van der Waals surface area contributed by atoms with Gasteiger partial charge in [-0.05, 0) is 45.2 Å². The Morgan fingerprint density at radius 2 is 1.40 bits per heavy atom. The van der Waals surface area contributed by atoms with Crippen LogP contribution < -0.4 is 0 Å². The molecule has 0 spiro atoms. The molecule has 80 valence electrons. The summed E-state index contributed by atoms with van der Waals surface area (Å²) in [5.74, 6) is 0. The molecule has 2 rings (SSSR count). The summed E-state index contributed by atoms with van der Waals surface area (Å²) < 4.78 is 0. The lowest BCUT2D eigenvalue weighted by Gasteiger charge is -1.93. The van der Waals surface area contributed by atoms with Crippen LogP contribution in [0.2, 0.25) is 0 Å². The molecule has 0 nitrogen and oxygen atoms in total. The third kappa shape index (κ3) is 3.75. The number of hydrogen-bond donors (Lipinski definition) is 0. The lowest BCUT2D eigenvalue weighted by Crippen LogP contribution is -1.74. The molecular formula is C15H20. The molecule has 0 fully saturated rings. The van der Waals surface area contributed by atoms with Crippen LogP contribution in [0.4, 0.5) is 0 Å².